The van der Waals surface area contributed by atoms with Crippen molar-refractivity contribution in [2.45, 2.75) is 6.04 Å². The molecule has 1 amide bonds. The van der Waals surface area contributed by atoms with Crippen molar-refractivity contribution in [3.63, 3.8) is 0 Å². The molecule has 1 N–H and O–H groups in total. The van der Waals surface area contributed by atoms with Crippen LogP contribution in [-0.2, 0) is 0 Å². The van der Waals surface area contributed by atoms with Crippen LogP contribution < -0.4 is 10.1 Å². The number of amides is 1. The monoisotopic (exact) mass is 357 g/mol. The van der Waals surface area contributed by atoms with Crippen LogP contribution in [-0.4, -0.2) is 13.0 Å². The van der Waals surface area contributed by atoms with Crippen molar-refractivity contribution in [1.29, 1.82) is 0 Å². The molecular formula is C23H19NO3. The summed E-state index contributed by atoms with van der Waals surface area (Å²) < 4.78 is 10.9. The normalized spacial score (nSPS) is 11.9. The van der Waals surface area contributed by atoms with Crippen LogP contribution in [0.5, 0.6) is 5.75 Å². The zero-order valence-electron chi connectivity index (χ0n) is 14.9. The Kier molecular flexibility index (Phi) is 4.62. The van der Waals surface area contributed by atoms with E-state index in [1.165, 1.54) is 0 Å². The first-order valence-electron chi connectivity index (χ1n) is 8.73. The summed E-state index contributed by atoms with van der Waals surface area (Å²) in [5.41, 5.74) is 2.65. The first-order chi connectivity index (χ1) is 13.2. The number of methoxy groups -OCH3 is 1. The number of hydrogen-bond acceptors (Lipinski definition) is 3. The van der Waals surface area contributed by atoms with E-state index in [1.807, 2.05) is 78.9 Å². The summed E-state index contributed by atoms with van der Waals surface area (Å²) >= 11 is 0. The van der Waals surface area contributed by atoms with E-state index in [0.29, 0.717) is 11.3 Å². The van der Waals surface area contributed by atoms with Gasteiger partial charge in [-0.25, -0.2) is 0 Å². The van der Waals surface area contributed by atoms with Crippen LogP contribution in [0.1, 0.15) is 27.7 Å². The number of rotatable bonds is 5. The summed E-state index contributed by atoms with van der Waals surface area (Å²) in [7, 11) is 1.63. The van der Waals surface area contributed by atoms with Crippen molar-refractivity contribution in [2.24, 2.45) is 0 Å². The SMILES string of the molecule is COc1ccc(C(NC(=O)c2cc3ccccc3o2)c2ccccc2)cc1. The molecule has 0 spiro atoms. The topological polar surface area (TPSA) is 51.5 Å². The highest BCUT2D eigenvalue weighted by molar-refractivity contribution is 5.96. The maximum Gasteiger partial charge on any atom is 0.287 e. The Morgan fingerprint density at radius 3 is 2.26 bits per heavy atom. The largest absolute Gasteiger partial charge is 0.497 e. The van der Waals surface area contributed by atoms with Gasteiger partial charge < -0.3 is 14.5 Å². The number of carbonyl (C=O) groups is 1. The first-order valence-corrected chi connectivity index (χ1v) is 8.73. The van der Waals surface area contributed by atoms with Crippen molar-refractivity contribution in [1.82, 2.24) is 5.32 Å². The molecule has 0 radical (unpaired) electrons. The molecule has 0 aliphatic carbocycles. The predicted octanol–water partition coefficient (Wildman–Crippen LogP) is 4.96. The number of benzene rings is 3. The van der Waals surface area contributed by atoms with Gasteiger partial charge in [0.15, 0.2) is 5.76 Å². The minimum Gasteiger partial charge on any atom is -0.497 e. The van der Waals surface area contributed by atoms with E-state index in [4.69, 9.17) is 9.15 Å². The molecule has 1 heterocycles. The van der Waals surface area contributed by atoms with E-state index in [2.05, 4.69) is 5.32 Å². The van der Waals surface area contributed by atoms with E-state index < -0.39 is 0 Å². The summed E-state index contributed by atoms with van der Waals surface area (Å²) in [6.07, 6.45) is 0. The van der Waals surface area contributed by atoms with Crippen LogP contribution in [0.4, 0.5) is 0 Å². The molecule has 0 aliphatic heterocycles. The molecule has 4 heteroatoms. The van der Waals surface area contributed by atoms with Gasteiger partial charge in [-0.2, -0.15) is 0 Å². The number of carbonyl (C=O) groups excluding carboxylic acids is 1. The van der Waals surface area contributed by atoms with E-state index in [0.717, 1.165) is 22.3 Å². The van der Waals surface area contributed by atoms with Crippen LogP contribution >= 0.6 is 0 Å². The van der Waals surface area contributed by atoms with Gasteiger partial charge in [0, 0.05) is 5.39 Å². The van der Waals surface area contributed by atoms with Crippen LogP contribution in [0, 0.1) is 0 Å². The molecule has 0 fully saturated rings. The lowest BCUT2D eigenvalue weighted by Gasteiger charge is -2.19. The van der Waals surface area contributed by atoms with Gasteiger partial charge in [0.1, 0.15) is 11.3 Å². The number of ether oxygens (including phenoxy) is 1. The van der Waals surface area contributed by atoms with Crippen LogP contribution in [0.15, 0.2) is 89.3 Å². The second-order valence-corrected chi connectivity index (χ2v) is 6.24. The third-order valence-corrected chi connectivity index (χ3v) is 4.51. The third-order valence-electron chi connectivity index (χ3n) is 4.51. The van der Waals surface area contributed by atoms with Gasteiger partial charge >= 0.3 is 0 Å². The molecule has 1 unspecified atom stereocenters. The van der Waals surface area contributed by atoms with Crippen LogP contribution in [0.25, 0.3) is 11.0 Å². The smallest absolute Gasteiger partial charge is 0.287 e. The lowest BCUT2D eigenvalue weighted by Crippen LogP contribution is -2.29. The van der Waals surface area contributed by atoms with Crippen LogP contribution in [0.3, 0.4) is 0 Å². The average Bonchev–Trinajstić information content (AvgIpc) is 3.17. The summed E-state index contributed by atoms with van der Waals surface area (Å²) in [5.74, 6) is 0.815. The van der Waals surface area contributed by atoms with Gasteiger partial charge in [0.05, 0.1) is 13.2 Å². The molecule has 3 aromatic carbocycles. The van der Waals surface area contributed by atoms with Crippen molar-refractivity contribution in [3.05, 3.63) is 102 Å². The second kappa shape index (κ2) is 7.38. The minimum atomic E-state index is -0.294. The molecular weight excluding hydrogens is 338 g/mol. The molecule has 27 heavy (non-hydrogen) atoms. The first kappa shape index (κ1) is 16.9. The number of para-hydroxylation sites is 1. The van der Waals surface area contributed by atoms with Crippen molar-refractivity contribution >= 4 is 16.9 Å². The quantitative estimate of drug-likeness (QED) is 0.549. The zero-order chi connectivity index (χ0) is 18.6. The van der Waals surface area contributed by atoms with Gasteiger partial charge in [0.25, 0.3) is 5.91 Å². The molecule has 4 aromatic rings. The van der Waals surface area contributed by atoms with E-state index in [9.17, 15) is 4.79 Å². The summed E-state index contributed by atoms with van der Waals surface area (Å²) in [5, 5.41) is 4.00. The Morgan fingerprint density at radius 2 is 1.56 bits per heavy atom. The van der Waals surface area contributed by atoms with Gasteiger partial charge in [-0.15, -0.1) is 0 Å². The molecule has 0 bridgehead atoms. The van der Waals surface area contributed by atoms with Crippen molar-refractivity contribution < 1.29 is 13.9 Å². The fourth-order valence-corrected chi connectivity index (χ4v) is 3.10. The number of fused-ring (bicyclic) bond motifs is 1. The standard InChI is InChI=1S/C23H19NO3/c1-26-19-13-11-17(12-14-19)22(16-7-3-2-4-8-16)24-23(25)21-15-18-9-5-6-10-20(18)27-21/h2-15,22H,1H3,(H,24,25). The molecule has 1 atom stereocenters. The minimum absolute atomic E-state index is 0.254. The molecule has 0 aliphatic rings. The van der Waals surface area contributed by atoms with Gasteiger partial charge in [-0.3, -0.25) is 4.79 Å². The lowest BCUT2D eigenvalue weighted by molar-refractivity contribution is 0.0917. The van der Waals surface area contributed by atoms with Crippen LogP contribution in [0.2, 0.25) is 0 Å². The third kappa shape index (κ3) is 3.55. The highest BCUT2D eigenvalue weighted by Crippen LogP contribution is 2.25. The summed E-state index contributed by atoms with van der Waals surface area (Å²) in [4.78, 5) is 12.9. The van der Waals surface area contributed by atoms with Gasteiger partial charge in [-0.1, -0.05) is 60.7 Å². The molecule has 4 rings (SSSR count). The molecule has 134 valence electrons. The highest BCUT2D eigenvalue weighted by Gasteiger charge is 2.20. The fourth-order valence-electron chi connectivity index (χ4n) is 3.10. The highest BCUT2D eigenvalue weighted by atomic mass is 16.5. The molecule has 4 nitrogen and oxygen atoms in total. The number of hydrogen-bond donors (Lipinski definition) is 1. The Balaban J connectivity index is 1.66. The Bertz CT molecular complexity index is 1020. The van der Waals surface area contributed by atoms with Crippen molar-refractivity contribution in [2.75, 3.05) is 7.11 Å². The van der Waals surface area contributed by atoms with E-state index >= 15 is 0 Å². The Morgan fingerprint density at radius 1 is 0.889 bits per heavy atom. The van der Waals surface area contributed by atoms with E-state index in [1.54, 1.807) is 13.2 Å². The van der Waals surface area contributed by atoms with Gasteiger partial charge in [-0.05, 0) is 35.4 Å². The summed E-state index contributed by atoms with van der Waals surface area (Å²) in [6, 6.07) is 26.6. The van der Waals surface area contributed by atoms with E-state index in [-0.39, 0.29) is 11.9 Å². The zero-order valence-corrected chi connectivity index (χ0v) is 14.9. The maximum atomic E-state index is 12.9. The lowest BCUT2D eigenvalue weighted by atomic mass is 9.98. The Labute approximate surface area is 157 Å². The second-order valence-electron chi connectivity index (χ2n) is 6.24. The predicted molar refractivity (Wildman–Crippen MR) is 105 cm³/mol. The number of nitrogens with one attached hydrogen (secondary N) is 1. The molecule has 0 saturated carbocycles. The van der Waals surface area contributed by atoms with Crippen molar-refractivity contribution in [3.8, 4) is 5.75 Å². The fraction of sp³-hybridized carbons (Fsp3) is 0.0870. The number of furan rings is 1. The maximum absolute atomic E-state index is 12.9. The molecule has 0 saturated heterocycles. The average molecular weight is 357 g/mol. The molecule has 1 aromatic heterocycles. The summed E-state index contributed by atoms with van der Waals surface area (Å²) in [6.45, 7) is 0. The van der Waals surface area contributed by atoms with Gasteiger partial charge in [0.2, 0.25) is 0 Å². The Hall–Kier alpha value is -3.53.